The molecule has 2 heterocycles. The third-order valence-electron chi connectivity index (χ3n) is 3.54. The van der Waals surface area contributed by atoms with E-state index in [4.69, 9.17) is 0 Å². The normalized spacial score (nSPS) is 13.5. The van der Waals surface area contributed by atoms with Crippen molar-refractivity contribution in [3.05, 3.63) is 58.9 Å². The van der Waals surface area contributed by atoms with E-state index in [9.17, 15) is 9.59 Å². The summed E-state index contributed by atoms with van der Waals surface area (Å²) in [5.74, 6) is -0.506. The van der Waals surface area contributed by atoms with Crippen LogP contribution in [0.3, 0.4) is 0 Å². The number of hydrogen-bond donors (Lipinski definition) is 1. The number of pyridine rings is 1. The number of aryl methyl sites for hydroxylation is 1. The van der Waals surface area contributed by atoms with Crippen LogP contribution >= 0.6 is 0 Å². The van der Waals surface area contributed by atoms with Crippen LogP contribution < -0.4 is 5.32 Å². The third kappa shape index (κ3) is 2.38. The Bertz CT molecular complexity index is 723. The van der Waals surface area contributed by atoms with Gasteiger partial charge >= 0.3 is 0 Å². The fourth-order valence-corrected chi connectivity index (χ4v) is 2.27. The molecular weight excluding hydrogens is 266 g/mol. The van der Waals surface area contributed by atoms with Gasteiger partial charge in [-0.25, -0.2) is 0 Å². The quantitative estimate of drug-likeness (QED) is 0.876. The molecule has 2 aromatic rings. The van der Waals surface area contributed by atoms with Crippen LogP contribution in [0.15, 0.2) is 36.5 Å². The number of fused-ring (bicyclic) bond motifs is 1. The molecule has 0 radical (unpaired) electrons. The Morgan fingerprint density at radius 1 is 1.10 bits per heavy atom. The summed E-state index contributed by atoms with van der Waals surface area (Å²) in [7, 11) is 1.49. The Morgan fingerprint density at radius 3 is 2.57 bits per heavy atom. The lowest BCUT2D eigenvalue weighted by atomic mass is 10.1. The molecule has 2 amide bonds. The number of anilines is 1. The van der Waals surface area contributed by atoms with Gasteiger partial charge < -0.3 is 5.32 Å². The number of aromatic nitrogens is 1. The van der Waals surface area contributed by atoms with E-state index in [0.29, 0.717) is 17.7 Å². The molecule has 5 nitrogen and oxygen atoms in total. The van der Waals surface area contributed by atoms with E-state index in [0.717, 1.165) is 21.8 Å². The Balaban J connectivity index is 1.78. The highest BCUT2D eigenvalue weighted by Gasteiger charge is 2.32. The lowest BCUT2D eigenvalue weighted by Crippen LogP contribution is -2.24. The maximum Gasteiger partial charge on any atom is 0.261 e. The highest BCUT2D eigenvalue weighted by molar-refractivity contribution is 6.21. The van der Waals surface area contributed by atoms with Crippen LogP contribution in [0, 0.1) is 6.92 Å². The monoisotopic (exact) mass is 281 g/mol. The molecule has 21 heavy (non-hydrogen) atoms. The fourth-order valence-electron chi connectivity index (χ4n) is 2.27. The molecule has 0 unspecified atom stereocenters. The molecule has 0 saturated heterocycles. The number of benzene rings is 1. The molecule has 1 aromatic heterocycles. The van der Waals surface area contributed by atoms with Crippen LogP contribution in [-0.4, -0.2) is 28.7 Å². The summed E-state index contributed by atoms with van der Waals surface area (Å²) in [4.78, 5) is 29.2. The lowest BCUT2D eigenvalue weighted by Gasteiger charge is -2.07. The number of carbonyl (C=O) groups excluding carboxylic acids is 2. The van der Waals surface area contributed by atoms with Gasteiger partial charge in [0.1, 0.15) is 0 Å². The van der Waals surface area contributed by atoms with Crippen LogP contribution in [-0.2, 0) is 6.54 Å². The molecule has 1 aliphatic heterocycles. The van der Waals surface area contributed by atoms with Gasteiger partial charge in [0, 0.05) is 18.9 Å². The topological polar surface area (TPSA) is 62.3 Å². The predicted molar refractivity (Wildman–Crippen MR) is 79.2 cm³/mol. The van der Waals surface area contributed by atoms with Crippen LogP contribution in [0.5, 0.6) is 0 Å². The van der Waals surface area contributed by atoms with Crippen molar-refractivity contribution in [2.75, 3.05) is 12.4 Å². The smallest absolute Gasteiger partial charge is 0.261 e. The zero-order valence-corrected chi connectivity index (χ0v) is 11.9. The molecule has 1 aromatic carbocycles. The lowest BCUT2D eigenvalue weighted by molar-refractivity contribution is 0.0693. The average Bonchev–Trinajstić information content (AvgIpc) is 2.71. The van der Waals surface area contributed by atoms with E-state index < -0.39 is 0 Å². The van der Waals surface area contributed by atoms with Crippen LogP contribution in [0.25, 0.3) is 0 Å². The van der Waals surface area contributed by atoms with Crippen molar-refractivity contribution in [2.45, 2.75) is 13.5 Å². The number of carbonyl (C=O) groups is 2. The van der Waals surface area contributed by atoms with Crippen LogP contribution in [0.2, 0.25) is 0 Å². The Labute approximate surface area is 122 Å². The summed E-state index contributed by atoms with van der Waals surface area (Å²) in [6.45, 7) is 2.56. The maximum absolute atomic E-state index is 11.9. The first-order chi connectivity index (χ1) is 10.1. The number of amides is 2. The number of imide groups is 1. The van der Waals surface area contributed by atoms with E-state index in [1.165, 1.54) is 7.05 Å². The van der Waals surface area contributed by atoms with Gasteiger partial charge in [-0.1, -0.05) is 6.07 Å². The Hall–Kier alpha value is -2.69. The van der Waals surface area contributed by atoms with Crippen molar-refractivity contribution in [3.63, 3.8) is 0 Å². The standard InChI is InChI=1S/C16H15N3O2/c1-10-3-4-12(17-8-10)9-18-11-5-6-13-14(7-11)16(21)19(2)15(13)20/h3-8,18H,9H2,1-2H3. The van der Waals surface area contributed by atoms with E-state index in [2.05, 4.69) is 10.3 Å². The molecule has 0 aliphatic carbocycles. The number of rotatable bonds is 3. The van der Waals surface area contributed by atoms with Crippen molar-refractivity contribution in [1.29, 1.82) is 0 Å². The zero-order valence-electron chi connectivity index (χ0n) is 11.9. The van der Waals surface area contributed by atoms with Crippen LogP contribution in [0.4, 0.5) is 5.69 Å². The summed E-state index contributed by atoms with van der Waals surface area (Å²) in [6.07, 6.45) is 1.82. The van der Waals surface area contributed by atoms with Crippen molar-refractivity contribution in [2.24, 2.45) is 0 Å². The highest BCUT2D eigenvalue weighted by atomic mass is 16.2. The highest BCUT2D eigenvalue weighted by Crippen LogP contribution is 2.24. The van der Waals surface area contributed by atoms with Gasteiger partial charge in [-0.3, -0.25) is 19.5 Å². The Morgan fingerprint density at radius 2 is 1.86 bits per heavy atom. The molecule has 106 valence electrons. The van der Waals surface area contributed by atoms with Gasteiger partial charge in [-0.2, -0.15) is 0 Å². The molecule has 0 atom stereocenters. The second kappa shape index (κ2) is 5.01. The van der Waals surface area contributed by atoms with Crippen molar-refractivity contribution >= 4 is 17.5 Å². The largest absolute Gasteiger partial charge is 0.379 e. The summed E-state index contributed by atoms with van der Waals surface area (Å²) in [5.41, 5.74) is 3.74. The van der Waals surface area contributed by atoms with E-state index in [1.807, 2.05) is 25.3 Å². The molecular formula is C16H15N3O2. The Kier molecular flexibility index (Phi) is 3.17. The first kappa shape index (κ1) is 13.3. The molecule has 0 bridgehead atoms. The fraction of sp³-hybridized carbons (Fsp3) is 0.188. The van der Waals surface area contributed by atoms with Crippen molar-refractivity contribution < 1.29 is 9.59 Å². The van der Waals surface area contributed by atoms with E-state index >= 15 is 0 Å². The van der Waals surface area contributed by atoms with Gasteiger partial charge in [-0.15, -0.1) is 0 Å². The van der Waals surface area contributed by atoms with Gasteiger partial charge in [0.15, 0.2) is 0 Å². The molecule has 0 spiro atoms. The minimum Gasteiger partial charge on any atom is -0.379 e. The second-order valence-electron chi connectivity index (χ2n) is 5.11. The number of nitrogens with zero attached hydrogens (tertiary/aromatic N) is 2. The maximum atomic E-state index is 11.9. The summed E-state index contributed by atoms with van der Waals surface area (Å²) in [6, 6.07) is 9.16. The molecule has 5 heteroatoms. The SMILES string of the molecule is Cc1ccc(CNc2ccc3c(c2)C(=O)N(C)C3=O)nc1. The molecule has 1 aliphatic rings. The van der Waals surface area contributed by atoms with Gasteiger partial charge in [-0.05, 0) is 36.8 Å². The summed E-state index contributed by atoms with van der Waals surface area (Å²) >= 11 is 0. The first-order valence-corrected chi connectivity index (χ1v) is 6.68. The zero-order chi connectivity index (χ0) is 15.0. The van der Waals surface area contributed by atoms with Crippen molar-refractivity contribution in [3.8, 4) is 0 Å². The average molecular weight is 281 g/mol. The van der Waals surface area contributed by atoms with Gasteiger partial charge in [0.2, 0.25) is 0 Å². The summed E-state index contributed by atoms with van der Waals surface area (Å²) < 4.78 is 0. The van der Waals surface area contributed by atoms with Crippen molar-refractivity contribution in [1.82, 2.24) is 9.88 Å². The summed E-state index contributed by atoms with van der Waals surface area (Å²) in [5, 5.41) is 3.22. The second-order valence-corrected chi connectivity index (χ2v) is 5.11. The van der Waals surface area contributed by atoms with Crippen LogP contribution in [0.1, 0.15) is 32.0 Å². The minimum absolute atomic E-state index is 0.248. The molecule has 1 N–H and O–H groups in total. The number of nitrogens with one attached hydrogen (secondary N) is 1. The van der Waals surface area contributed by atoms with E-state index in [-0.39, 0.29) is 11.8 Å². The first-order valence-electron chi connectivity index (χ1n) is 6.68. The molecule has 3 rings (SSSR count). The van der Waals surface area contributed by atoms with E-state index in [1.54, 1.807) is 18.2 Å². The molecule has 0 fully saturated rings. The molecule has 0 saturated carbocycles. The van der Waals surface area contributed by atoms with Gasteiger partial charge in [0.25, 0.3) is 11.8 Å². The predicted octanol–water partition coefficient (Wildman–Crippen LogP) is 2.23. The number of hydrogen-bond acceptors (Lipinski definition) is 4. The van der Waals surface area contributed by atoms with Gasteiger partial charge in [0.05, 0.1) is 23.4 Å². The minimum atomic E-state index is -0.257. The third-order valence-corrected chi connectivity index (χ3v) is 3.54.